The maximum Gasteiger partial charge on any atom is 0.143 e. The van der Waals surface area contributed by atoms with Gasteiger partial charge in [0.15, 0.2) is 0 Å². The lowest BCUT2D eigenvalue weighted by atomic mass is 9.91. The SMILES string of the molecule is c1ccc(-c2ccc(N(c3ccc(-c4ccccc4)cc3)c3ccc(-c4ccc5c(oc6ccc7oc8ccccc8c7c65)c4-c4cccc5c4sc4ccccc45)cc3)cc2)cc1. The summed E-state index contributed by atoms with van der Waals surface area (Å²) in [6.45, 7) is 0. The van der Waals surface area contributed by atoms with E-state index in [0.717, 1.165) is 83.2 Å². The van der Waals surface area contributed by atoms with Crippen LogP contribution in [0.25, 0.3) is 109 Å². The Hall–Kier alpha value is -8.18. The lowest BCUT2D eigenvalue weighted by molar-refractivity contribution is 0.663. The molecule has 0 amide bonds. The molecule has 3 aromatic heterocycles. The number of rotatable bonds is 7. The first-order valence-corrected chi connectivity index (χ1v) is 22.5. The normalized spacial score (nSPS) is 11.8. The highest BCUT2D eigenvalue weighted by Gasteiger charge is 2.24. The van der Waals surface area contributed by atoms with Crippen molar-refractivity contribution in [1.82, 2.24) is 0 Å². The first-order chi connectivity index (χ1) is 31.7. The third-order valence-electron chi connectivity index (χ3n) is 12.7. The van der Waals surface area contributed by atoms with E-state index in [1.54, 1.807) is 0 Å². The quantitative estimate of drug-likeness (QED) is 0.160. The van der Waals surface area contributed by atoms with Gasteiger partial charge < -0.3 is 13.7 Å². The molecule has 0 unspecified atom stereocenters. The van der Waals surface area contributed by atoms with Crippen LogP contribution in [0.2, 0.25) is 0 Å². The second kappa shape index (κ2) is 14.7. The Bertz CT molecular complexity index is 3780. The van der Waals surface area contributed by atoms with Crippen LogP contribution in [0.3, 0.4) is 0 Å². The van der Waals surface area contributed by atoms with Crippen molar-refractivity contribution < 1.29 is 8.83 Å². The molecule has 0 aliphatic carbocycles. The smallest absolute Gasteiger partial charge is 0.143 e. The van der Waals surface area contributed by atoms with Crippen molar-refractivity contribution in [2.45, 2.75) is 0 Å². The number of anilines is 3. The largest absolute Gasteiger partial charge is 0.456 e. The van der Waals surface area contributed by atoms with E-state index in [0.29, 0.717) is 0 Å². The highest BCUT2D eigenvalue weighted by Crippen LogP contribution is 2.49. The van der Waals surface area contributed by atoms with Gasteiger partial charge in [-0.1, -0.05) is 158 Å². The fourth-order valence-electron chi connectivity index (χ4n) is 9.70. The maximum absolute atomic E-state index is 7.07. The van der Waals surface area contributed by atoms with E-state index in [1.165, 1.54) is 42.4 Å². The van der Waals surface area contributed by atoms with Gasteiger partial charge in [-0.05, 0) is 100 Å². The summed E-state index contributed by atoms with van der Waals surface area (Å²) < 4.78 is 16.0. The molecule has 0 aliphatic heterocycles. The number of hydrogen-bond donors (Lipinski definition) is 0. The van der Waals surface area contributed by atoms with Crippen molar-refractivity contribution in [3.8, 4) is 44.5 Å². The number of thiophene rings is 1. The van der Waals surface area contributed by atoms with Gasteiger partial charge in [0.1, 0.15) is 22.3 Å². The van der Waals surface area contributed by atoms with E-state index < -0.39 is 0 Å². The molecule has 0 fully saturated rings. The topological polar surface area (TPSA) is 29.5 Å². The van der Waals surface area contributed by atoms with Crippen LogP contribution in [0.5, 0.6) is 0 Å². The number of hydrogen-bond acceptors (Lipinski definition) is 4. The van der Waals surface area contributed by atoms with Gasteiger partial charge in [0, 0.05) is 69.9 Å². The van der Waals surface area contributed by atoms with E-state index in [-0.39, 0.29) is 0 Å². The van der Waals surface area contributed by atoms with Crippen LogP contribution in [0.15, 0.2) is 233 Å². The number of nitrogens with zero attached hydrogens (tertiary/aromatic N) is 1. The molecule has 64 heavy (non-hydrogen) atoms. The molecule has 0 radical (unpaired) electrons. The molecule has 0 bridgehead atoms. The fourth-order valence-corrected chi connectivity index (χ4v) is 10.9. The van der Waals surface area contributed by atoms with Gasteiger partial charge >= 0.3 is 0 Å². The Morgan fingerprint density at radius 3 is 1.48 bits per heavy atom. The van der Waals surface area contributed by atoms with Crippen LogP contribution in [0.4, 0.5) is 17.1 Å². The van der Waals surface area contributed by atoms with Gasteiger partial charge in [0.05, 0.1) is 0 Å². The van der Waals surface area contributed by atoms with E-state index in [9.17, 15) is 0 Å². The van der Waals surface area contributed by atoms with E-state index in [1.807, 2.05) is 29.5 Å². The minimum absolute atomic E-state index is 0.846. The number of benzene rings is 10. The Morgan fingerprint density at radius 1 is 0.312 bits per heavy atom. The zero-order valence-corrected chi connectivity index (χ0v) is 35.4. The summed E-state index contributed by atoms with van der Waals surface area (Å²) in [5.41, 5.74) is 15.9. The first-order valence-electron chi connectivity index (χ1n) is 21.7. The molecule has 0 atom stereocenters. The number of furan rings is 2. The van der Waals surface area contributed by atoms with Crippen molar-refractivity contribution >= 4 is 92.4 Å². The third-order valence-corrected chi connectivity index (χ3v) is 13.9. The minimum atomic E-state index is 0.846. The lowest BCUT2D eigenvalue weighted by Crippen LogP contribution is -2.09. The van der Waals surface area contributed by atoms with Crippen LogP contribution in [0, 0.1) is 0 Å². The molecule has 0 aliphatic rings. The zero-order valence-electron chi connectivity index (χ0n) is 34.5. The van der Waals surface area contributed by atoms with Crippen molar-refractivity contribution in [1.29, 1.82) is 0 Å². The van der Waals surface area contributed by atoms with E-state index in [2.05, 4.69) is 211 Å². The molecule has 0 saturated carbocycles. The second-order valence-corrected chi connectivity index (χ2v) is 17.4. The van der Waals surface area contributed by atoms with Crippen molar-refractivity contribution in [3.05, 3.63) is 224 Å². The van der Waals surface area contributed by atoms with Gasteiger partial charge in [-0.2, -0.15) is 0 Å². The van der Waals surface area contributed by atoms with Gasteiger partial charge in [0.25, 0.3) is 0 Å². The standard InChI is InChI=1S/C60H37NO2S/c1-3-12-38(13-4-1)40-22-28-43(29-23-40)61(44-30-24-41(25-31-44)39-14-5-2-6-15-39)45-32-26-42(27-33-45)46-34-35-50-58-54(37-36-53-57(58)49-17-7-9-20-52(49)62-53)63-59(50)56(46)51-19-11-18-48-47-16-8-10-21-55(47)64-60(48)51/h1-37H. The summed E-state index contributed by atoms with van der Waals surface area (Å²) in [6.07, 6.45) is 0. The van der Waals surface area contributed by atoms with Crippen LogP contribution in [0.1, 0.15) is 0 Å². The average Bonchev–Trinajstić information content (AvgIpc) is 4.06. The van der Waals surface area contributed by atoms with Crippen LogP contribution in [-0.2, 0) is 0 Å². The fraction of sp³-hybridized carbons (Fsp3) is 0. The summed E-state index contributed by atoms with van der Waals surface area (Å²) in [5.74, 6) is 0. The summed E-state index contributed by atoms with van der Waals surface area (Å²) in [5, 5.41) is 6.85. The Labute approximate surface area is 373 Å². The van der Waals surface area contributed by atoms with Gasteiger partial charge in [0.2, 0.25) is 0 Å². The Kier molecular flexibility index (Phi) is 8.40. The van der Waals surface area contributed by atoms with Crippen LogP contribution >= 0.6 is 11.3 Å². The number of para-hydroxylation sites is 1. The average molecular weight is 836 g/mol. The molecular formula is C60H37NO2S. The van der Waals surface area contributed by atoms with Gasteiger partial charge in [-0.25, -0.2) is 0 Å². The molecule has 13 rings (SSSR count). The van der Waals surface area contributed by atoms with Crippen LogP contribution < -0.4 is 4.90 Å². The van der Waals surface area contributed by atoms with Crippen molar-refractivity contribution in [3.63, 3.8) is 0 Å². The van der Waals surface area contributed by atoms with Crippen molar-refractivity contribution in [2.24, 2.45) is 0 Å². The first kappa shape index (κ1) is 36.5. The molecular weight excluding hydrogens is 799 g/mol. The maximum atomic E-state index is 7.07. The Morgan fingerprint density at radius 2 is 0.828 bits per heavy atom. The molecule has 13 aromatic rings. The minimum Gasteiger partial charge on any atom is -0.456 e. The third kappa shape index (κ3) is 5.88. The monoisotopic (exact) mass is 835 g/mol. The molecule has 3 heterocycles. The summed E-state index contributed by atoms with van der Waals surface area (Å²) in [4.78, 5) is 2.34. The Balaban J connectivity index is 0.994. The van der Waals surface area contributed by atoms with Crippen LogP contribution in [-0.4, -0.2) is 0 Å². The molecule has 3 nitrogen and oxygen atoms in total. The highest BCUT2D eigenvalue weighted by molar-refractivity contribution is 7.26. The van der Waals surface area contributed by atoms with Gasteiger partial charge in [-0.3, -0.25) is 0 Å². The predicted octanol–water partition coefficient (Wildman–Crippen LogP) is 18.0. The molecule has 0 N–H and O–H groups in total. The predicted molar refractivity (Wildman–Crippen MR) is 270 cm³/mol. The zero-order chi connectivity index (χ0) is 42.1. The van der Waals surface area contributed by atoms with E-state index in [4.69, 9.17) is 8.83 Å². The molecule has 4 heteroatoms. The van der Waals surface area contributed by atoms with Gasteiger partial charge in [-0.15, -0.1) is 11.3 Å². The van der Waals surface area contributed by atoms with Crippen molar-refractivity contribution in [2.75, 3.05) is 4.90 Å². The summed E-state index contributed by atoms with van der Waals surface area (Å²) in [6, 6.07) is 80.2. The molecule has 300 valence electrons. The number of fused-ring (bicyclic) bond motifs is 10. The lowest BCUT2D eigenvalue weighted by Gasteiger charge is -2.26. The molecule has 0 spiro atoms. The van der Waals surface area contributed by atoms with E-state index >= 15 is 0 Å². The highest BCUT2D eigenvalue weighted by atomic mass is 32.1. The summed E-state index contributed by atoms with van der Waals surface area (Å²) >= 11 is 1.85. The summed E-state index contributed by atoms with van der Waals surface area (Å²) in [7, 11) is 0. The molecule has 0 saturated heterocycles. The molecule has 10 aromatic carbocycles. The second-order valence-electron chi connectivity index (χ2n) is 16.4.